The molecule has 4 rings (SSSR count). The van der Waals surface area contributed by atoms with E-state index in [0.717, 1.165) is 16.5 Å². The smallest absolute Gasteiger partial charge is 0.282 e. The minimum absolute atomic E-state index is 0.227. The molecule has 0 atom stereocenters. The van der Waals surface area contributed by atoms with Crippen molar-refractivity contribution in [1.82, 2.24) is 9.66 Å². The number of nitrogens with zero attached hydrogens (tertiary/aromatic N) is 3. The largest absolute Gasteiger partial charge is 0.488 e. The fourth-order valence-corrected chi connectivity index (χ4v) is 4.37. The summed E-state index contributed by atoms with van der Waals surface area (Å²) in [5.74, 6) is 1.12. The third kappa shape index (κ3) is 5.63. The van der Waals surface area contributed by atoms with Crippen LogP contribution in [0.25, 0.3) is 10.9 Å². The van der Waals surface area contributed by atoms with Gasteiger partial charge < -0.3 is 4.74 Å². The molecule has 0 N–H and O–H groups in total. The summed E-state index contributed by atoms with van der Waals surface area (Å²) in [5.41, 5.74) is 1.79. The zero-order chi connectivity index (χ0) is 24.2. The van der Waals surface area contributed by atoms with Gasteiger partial charge in [0.2, 0.25) is 0 Å². The normalized spacial score (nSPS) is 11.4. The lowest BCUT2D eigenvalue weighted by Crippen LogP contribution is -2.22. The molecule has 0 spiro atoms. The Labute approximate surface area is 220 Å². The highest BCUT2D eigenvalue weighted by atomic mass is 79.9. The van der Waals surface area contributed by atoms with E-state index in [1.165, 1.54) is 4.68 Å². The summed E-state index contributed by atoms with van der Waals surface area (Å²) in [6.07, 6.45) is 2.97. The summed E-state index contributed by atoms with van der Waals surface area (Å²) >= 11 is 21.9. The Morgan fingerprint density at radius 1 is 1.06 bits per heavy atom. The van der Waals surface area contributed by atoms with Gasteiger partial charge in [0.15, 0.2) is 0 Å². The first-order chi connectivity index (χ1) is 16.4. The second-order valence-corrected chi connectivity index (χ2v) is 9.70. The summed E-state index contributed by atoms with van der Waals surface area (Å²) in [4.78, 5) is 17.9. The third-order valence-corrected chi connectivity index (χ3v) is 6.35. The molecule has 1 heterocycles. The number of hydrogen-bond donors (Lipinski definition) is 0. The molecule has 0 unspecified atom stereocenters. The minimum Gasteiger partial charge on any atom is -0.488 e. The summed E-state index contributed by atoms with van der Waals surface area (Å²) in [6.45, 7) is 2.25. The molecule has 9 heteroatoms. The van der Waals surface area contributed by atoms with Crippen LogP contribution in [0.2, 0.25) is 15.1 Å². The summed E-state index contributed by atoms with van der Waals surface area (Å²) < 4.78 is 8.12. The van der Waals surface area contributed by atoms with Crippen LogP contribution in [-0.4, -0.2) is 15.9 Å². The molecule has 174 valence electrons. The van der Waals surface area contributed by atoms with E-state index in [1.54, 1.807) is 42.6 Å². The molecule has 3 aromatic carbocycles. The Morgan fingerprint density at radius 3 is 2.59 bits per heavy atom. The SMILES string of the molecule is CCCc1nc2ccc(Br)cc2c(=O)n1N=Cc1cc(Cl)ccc1OCc1ccc(Cl)cc1Cl. The molecule has 0 radical (unpaired) electrons. The van der Waals surface area contributed by atoms with Gasteiger partial charge in [-0.05, 0) is 55.0 Å². The van der Waals surface area contributed by atoms with Crippen LogP contribution in [0.4, 0.5) is 0 Å². The Kier molecular flexibility index (Phi) is 7.94. The molecule has 0 saturated carbocycles. The lowest BCUT2D eigenvalue weighted by molar-refractivity contribution is 0.306. The fourth-order valence-electron chi connectivity index (χ4n) is 3.37. The number of aromatic nitrogens is 2. The van der Waals surface area contributed by atoms with Crippen LogP contribution < -0.4 is 10.3 Å². The number of aryl methyl sites for hydroxylation is 1. The minimum atomic E-state index is -0.247. The maximum absolute atomic E-state index is 13.2. The molecular formula is C25H19BrCl3N3O2. The van der Waals surface area contributed by atoms with Crippen molar-refractivity contribution in [3.05, 3.63) is 101 Å². The molecule has 0 aliphatic heterocycles. The summed E-state index contributed by atoms with van der Waals surface area (Å²) in [6, 6.07) is 15.8. The second-order valence-electron chi connectivity index (χ2n) is 7.51. The maximum Gasteiger partial charge on any atom is 0.282 e. The average molecular weight is 580 g/mol. The van der Waals surface area contributed by atoms with E-state index in [4.69, 9.17) is 39.5 Å². The number of ether oxygens (including phenoxy) is 1. The van der Waals surface area contributed by atoms with Crippen LogP contribution in [-0.2, 0) is 13.0 Å². The van der Waals surface area contributed by atoms with Gasteiger partial charge in [0.1, 0.15) is 18.2 Å². The van der Waals surface area contributed by atoms with Crippen molar-refractivity contribution >= 4 is 67.9 Å². The van der Waals surface area contributed by atoms with Crippen LogP contribution in [0.1, 0.15) is 30.3 Å². The number of rotatable bonds is 7. The van der Waals surface area contributed by atoms with Crippen molar-refractivity contribution in [2.45, 2.75) is 26.4 Å². The van der Waals surface area contributed by atoms with Gasteiger partial charge in [-0.15, -0.1) is 0 Å². The van der Waals surface area contributed by atoms with Crippen molar-refractivity contribution in [3.63, 3.8) is 0 Å². The quantitative estimate of drug-likeness (QED) is 0.213. The van der Waals surface area contributed by atoms with Gasteiger partial charge in [-0.3, -0.25) is 4.79 Å². The Bertz CT molecular complexity index is 1450. The average Bonchev–Trinajstić information content (AvgIpc) is 2.80. The van der Waals surface area contributed by atoms with Gasteiger partial charge in [0.25, 0.3) is 5.56 Å². The van der Waals surface area contributed by atoms with Gasteiger partial charge in [0.05, 0.1) is 17.1 Å². The molecule has 0 aliphatic rings. The van der Waals surface area contributed by atoms with Gasteiger partial charge in [-0.2, -0.15) is 9.78 Å². The van der Waals surface area contributed by atoms with Crippen LogP contribution in [0, 0.1) is 0 Å². The maximum atomic E-state index is 13.2. The van der Waals surface area contributed by atoms with Crippen molar-refractivity contribution in [2.75, 3.05) is 0 Å². The van der Waals surface area contributed by atoms with Gasteiger partial charge in [0, 0.05) is 37.1 Å². The molecule has 0 saturated heterocycles. The number of hydrogen-bond acceptors (Lipinski definition) is 4. The van der Waals surface area contributed by atoms with Crippen molar-refractivity contribution in [1.29, 1.82) is 0 Å². The molecule has 0 aliphatic carbocycles. The first-order valence-electron chi connectivity index (χ1n) is 10.5. The topological polar surface area (TPSA) is 56.5 Å². The van der Waals surface area contributed by atoms with Crippen LogP contribution in [0.5, 0.6) is 5.75 Å². The molecule has 0 bridgehead atoms. The molecule has 0 amide bonds. The van der Waals surface area contributed by atoms with Crippen molar-refractivity contribution in [3.8, 4) is 5.75 Å². The number of fused-ring (bicyclic) bond motifs is 1. The third-order valence-electron chi connectivity index (χ3n) is 5.03. The summed E-state index contributed by atoms with van der Waals surface area (Å²) in [5, 5.41) is 6.54. The Balaban J connectivity index is 1.71. The lowest BCUT2D eigenvalue weighted by atomic mass is 10.2. The Hall–Kier alpha value is -2.38. The van der Waals surface area contributed by atoms with Gasteiger partial charge >= 0.3 is 0 Å². The zero-order valence-corrected chi connectivity index (χ0v) is 21.9. The number of benzene rings is 3. The molecule has 5 nitrogen and oxygen atoms in total. The van der Waals surface area contributed by atoms with Crippen LogP contribution in [0.15, 0.2) is 69.0 Å². The van der Waals surface area contributed by atoms with Crippen molar-refractivity contribution in [2.24, 2.45) is 5.10 Å². The molecule has 4 aromatic rings. The Morgan fingerprint density at radius 2 is 1.82 bits per heavy atom. The van der Waals surface area contributed by atoms with Gasteiger partial charge in [-0.1, -0.05) is 63.7 Å². The monoisotopic (exact) mass is 577 g/mol. The first-order valence-corrected chi connectivity index (χ1v) is 12.4. The predicted octanol–water partition coefficient (Wildman–Crippen LogP) is 7.53. The van der Waals surface area contributed by atoms with E-state index in [-0.39, 0.29) is 12.2 Å². The van der Waals surface area contributed by atoms with E-state index in [2.05, 4.69) is 26.0 Å². The van der Waals surface area contributed by atoms with Crippen molar-refractivity contribution < 1.29 is 4.74 Å². The van der Waals surface area contributed by atoms with E-state index < -0.39 is 0 Å². The molecule has 34 heavy (non-hydrogen) atoms. The first kappa shape index (κ1) is 24.7. The van der Waals surface area contributed by atoms with Crippen LogP contribution >= 0.6 is 50.7 Å². The number of halogens is 4. The molecule has 1 aromatic heterocycles. The summed E-state index contributed by atoms with van der Waals surface area (Å²) in [7, 11) is 0. The van der Waals surface area contributed by atoms with Crippen LogP contribution in [0.3, 0.4) is 0 Å². The molecular weight excluding hydrogens is 561 g/mol. The highest BCUT2D eigenvalue weighted by Gasteiger charge is 2.12. The van der Waals surface area contributed by atoms with E-state index in [9.17, 15) is 4.79 Å². The predicted molar refractivity (Wildman–Crippen MR) is 143 cm³/mol. The standard InChI is InChI=1S/C25H19BrCl3N3O2/c1-2-3-24-31-22-8-5-17(26)11-20(22)25(33)32(24)30-13-16-10-18(27)7-9-23(16)34-14-15-4-6-19(28)12-21(15)29/h4-13H,2-3,14H2,1H3. The van der Waals surface area contributed by atoms with Gasteiger partial charge in [-0.25, -0.2) is 4.98 Å². The highest BCUT2D eigenvalue weighted by Crippen LogP contribution is 2.26. The van der Waals surface area contributed by atoms with E-state index >= 15 is 0 Å². The molecule has 0 fully saturated rings. The van der Waals surface area contributed by atoms with E-state index in [1.807, 2.05) is 25.1 Å². The van der Waals surface area contributed by atoms with E-state index in [0.29, 0.717) is 49.5 Å². The second kappa shape index (κ2) is 10.9. The fraction of sp³-hybridized carbons (Fsp3) is 0.160. The zero-order valence-electron chi connectivity index (χ0n) is 18.1. The highest BCUT2D eigenvalue weighted by molar-refractivity contribution is 9.10. The lowest BCUT2D eigenvalue weighted by Gasteiger charge is -2.12.